The van der Waals surface area contributed by atoms with Gasteiger partial charge in [0.15, 0.2) is 11.5 Å². The van der Waals surface area contributed by atoms with E-state index in [4.69, 9.17) is 11.0 Å². The van der Waals surface area contributed by atoms with Gasteiger partial charge in [0, 0.05) is 0 Å². The van der Waals surface area contributed by atoms with Crippen LogP contribution in [0.5, 0.6) is 11.5 Å². The number of nitrogens with one attached hydrogen (secondary N) is 1. The van der Waals surface area contributed by atoms with Crippen LogP contribution in [0.4, 0.5) is 11.4 Å². The highest BCUT2D eigenvalue weighted by Crippen LogP contribution is 2.29. The largest absolute Gasteiger partial charge is 0.504 e. The number of nitrogen functional groups attached to an aromatic ring is 1. The summed E-state index contributed by atoms with van der Waals surface area (Å²) in [5.74, 6) is -1.50. The number of para-hydroxylation sites is 1. The summed E-state index contributed by atoms with van der Waals surface area (Å²) >= 11 is 0. The van der Waals surface area contributed by atoms with Gasteiger partial charge in [-0.05, 0) is 30.3 Å². The maximum atomic E-state index is 12.0. The van der Waals surface area contributed by atoms with Gasteiger partial charge in [0.05, 0.1) is 28.6 Å². The molecule has 0 bridgehead atoms. The topological polar surface area (TPSA) is 119 Å². The molecule has 0 unspecified atom stereocenters. The van der Waals surface area contributed by atoms with Crippen LogP contribution < -0.4 is 11.1 Å². The molecule has 20 heavy (non-hydrogen) atoms. The molecule has 0 aliphatic rings. The number of carbonyl (C=O) groups is 1. The molecule has 2 aromatic rings. The number of phenols is 2. The first-order valence-corrected chi connectivity index (χ1v) is 5.65. The van der Waals surface area contributed by atoms with Gasteiger partial charge in [0.25, 0.3) is 5.91 Å². The summed E-state index contributed by atoms with van der Waals surface area (Å²) in [5.41, 5.74) is 6.56. The lowest BCUT2D eigenvalue weighted by atomic mass is 10.1. The molecule has 0 heterocycles. The Hall–Kier alpha value is -3.20. The zero-order valence-corrected chi connectivity index (χ0v) is 10.3. The molecule has 1 amide bonds. The number of anilines is 2. The second-order valence-electron chi connectivity index (χ2n) is 4.04. The number of phenolic OH excluding ortho intramolecular Hbond substituents is 2. The first-order valence-electron chi connectivity index (χ1n) is 5.65. The molecule has 0 spiro atoms. The fraction of sp³-hybridized carbons (Fsp3) is 0. The third-order valence-corrected chi connectivity index (χ3v) is 2.69. The third-order valence-electron chi connectivity index (χ3n) is 2.69. The van der Waals surface area contributed by atoms with Gasteiger partial charge in [-0.2, -0.15) is 5.26 Å². The Bertz CT molecular complexity index is 720. The SMILES string of the molecule is N#Cc1ccc(NC(=O)c2cccc(O)c2O)c(N)c1. The maximum absolute atomic E-state index is 12.0. The van der Waals surface area contributed by atoms with Gasteiger partial charge in [-0.1, -0.05) is 6.07 Å². The number of nitriles is 1. The zero-order valence-electron chi connectivity index (χ0n) is 10.3. The molecule has 2 aromatic carbocycles. The lowest BCUT2D eigenvalue weighted by Crippen LogP contribution is -2.13. The molecule has 0 radical (unpaired) electrons. The number of nitrogens with zero attached hydrogens (tertiary/aromatic N) is 1. The lowest BCUT2D eigenvalue weighted by Gasteiger charge is -2.09. The number of hydrogen-bond acceptors (Lipinski definition) is 5. The Balaban J connectivity index is 2.29. The average Bonchev–Trinajstić information content (AvgIpc) is 2.44. The number of amides is 1. The molecule has 6 heteroatoms. The van der Waals surface area contributed by atoms with Crippen LogP contribution in [0.3, 0.4) is 0 Å². The van der Waals surface area contributed by atoms with Crippen molar-refractivity contribution in [2.45, 2.75) is 0 Å². The van der Waals surface area contributed by atoms with Crippen LogP contribution in [-0.4, -0.2) is 16.1 Å². The van der Waals surface area contributed by atoms with Crippen molar-refractivity contribution in [3.63, 3.8) is 0 Å². The van der Waals surface area contributed by atoms with Crippen LogP contribution in [0.15, 0.2) is 36.4 Å². The van der Waals surface area contributed by atoms with E-state index in [-0.39, 0.29) is 17.0 Å². The minimum atomic E-state index is -0.616. The molecule has 6 nitrogen and oxygen atoms in total. The zero-order chi connectivity index (χ0) is 14.7. The highest BCUT2D eigenvalue weighted by Gasteiger charge is 2.15. The first-order chi connectivity index (χ1) is 9.52. The summed E-state index contributed by atoms with van der Waals surface area (Å²) in [5, 5.41) is 30.2. The van der Waals surface area contributed by atoms with Crippen LogP contribution in [0.1, 0.15) is 15.9 Å². The van der Waals surface area contributed by atoms with Gasteiger partial charge in [0.1, 0.15) is 0 Å². The van der Waals surface area contributed by atoms with Crippen LogP contribution in [0.2, 0.25) is 0 Å². The van der Waals surface area contributed by atoms with Crippen molar-refractivity contribution in [3.8, 4) is 17.6 Å². The number of benzene rings is 2. The van der Waals surface area contributed by atoms with Crippen LogP contribution in [0.25, 0.3) is 0 Å². The van der Waals surface area contributed by atoms with Crippen LogP contribution in [0, 0.1) is 11.3 Å². The molecule has 0 aromatic heterocycles. The van der Waals surface area contributed by atoms with Crippen molar-refractivity contribution in [2.75, 3.05) is 11.1 Å². The van der Waals surface area contributed by atoms with E-state index < -0.39 is 11.7 Å². The molecule has 0 saturated carbocycles. The van der Waals surface area contributed by atoms with Gasteiger partial charge >= 0.3 is 0 Å². The van der Waals surface area contributed by atoms with Crippen molar-refractivity contribution >= 4 is 17.3 Å². The average molecular weight is 269 g/mol. The van der Waals surface area contributed by atoms with E-state index in [0.717, 1.165) is 0 Å². The molecule has 5 N–H and O–H groups in total. The van der Waals surface area contributed by atoms with Gasteiger partial charge in [-0.25, -0.2) is 0 Å². The minimum Gasteiger partial charge on any atom is -0.504 e. The van der Waals surface area contributed by atoms with Crippen LogP contribution in [-0.2, 0) is 0 Å². The molecule has 0 saturated heterocycles. The van der Waals surface area contributed by atoms with Gasteiger partial charge in [0.2, 0.25) is 0 Å². The molecule has 0 aliphatic carbocycles. The number of nitrogens with two attached hydrogens (primary N) is 1. The van der Waals surface area contributed by atoms with E-state index in [1.54, 1.807) is 0 Å². The number of rotatable bonds is 2. The summed E-state index contributed by atoms with van der Waals surface area (Å²) in [4.78, 5) is 12.0. The Morgan fingerprint density at radius 2 is 2.00 bits per heavy atom. The van der Waals surface area contributed by atoms with E-state index in [9.17, 15) is 15.0 Å². The van der Waals surface area contributed by atoms with Crippen molar-refractivity contribution in [3.05, 3.63) is 47.5 Å². The highest BCUT2D eigenvalue weighted by atomic mass is 16.3. The molecule has 2 rings (SSSR count). The molecular formula is C14H11N3O3. The standard InChI is InChI=1S/C14H11N3O3/c15-7-8-4-5-11(10(16)6-8)17-14(20)9-2-1-3-12(18)13(9)19/h1-6,18-19H,16H2,(H,17,20). The molecule has 0 atom stereocenters. The monoisotopic (exact) mass is 269 g/mol. The molecule has 100 valence electrons. The van der Waals surface area contributed by atoms with Gasteiger partial charge in [-0.15, -0.1) is 0 Å². The van der Waals surface area contributed by atoms with Gasteiger partial charge < -0.3 is 21.3 Å². The Morgan fingerprint density at radius 1 is 1.25 bits per heavy atom. The Morgan fingerprint density at radius 3 is 2.65 bits per heavy atom. The van der Waals surface area contributed by atoms with E-state index in [0.29, 0.717) is 11.3 Å². The first kappa shape index (κ1) is 13.2. The number of carbonyl (C=O) groups excluding carboxylic acids is 1. The highest BCUT2D eigenvalue weighted by molar-refractivity contribution is 6.07. The van der Waals surface area contributed by atoms with Crippen molar-refractivity contribution < 1.29 is 15.0 Å². The van der Waals surface area contributed by atoms with E-state index in [1.807, 2.05) is 6.07 Å². The summed E-state index contributed by atoms with van der Waals surface area (Å²) in [6, 6.07) is 10.4. The van der Waals surface area contributed by atoms with Crippen LogP contribution >= 0.6 is 0 Å². The Kier molecular flexibility index (Phi) is 3.44. The maximum Gasteiger partial charge on any atom is 0.259 e. The summed E-state index contributed by atoms with van der Waals surface area (Å²) in [6.45, 7) is 0. The predicted molar refractivity (Wildman–Crippen MR) is 73.3 cm³/mol. The second kappa shape index (κ2) is 5.20. The second-order valence-corrected chi connectivity index (χ2v) is 4.04. The van der Waals surface area contributed by atoms with E-state index >= 15 is 0 Å². The molecule has 0 aliphatic heterocycles. The van der Waals surface area contributed by atoms with E-state index in [2.05, 4.69) is 5.32 Å². The smallest absolute Gasteiger partial charge is 0.259 e. The summed E-state index contributed by atoms with van der Waals surface area (Å²) in [7, 11) is 0. The normalized spacial score (nSPS) is 9.75. The fourth-order valence-corrected chi connectivity index (χ4v) is 1.65. The van der Waals surface area contributed by atoms with Crippen molar-refractivity contribution in [2.24, 2.45) is 0 Å². The minimum absolute atomic E-state index is 0.0752. The predicted octanol–water partition coefficient (Wildman–Crippen LogP) is 1.80. The number of hydrogen-bond donors (Lipinski definition) is 4. The van der Waals surface area contributed by atoms with Gasteiger partial charge in [-0.3, -0.25) is 4.79 Å². The van der Waals surface area contributed by atoms with Crippen molar-refractivity contribution in [1.82, 2.24) is 0 Å². The summed E-state index contributed by atoms with van der Waals surface area (Å²) < 4.78 is 0. The number of aromatic hydroxyl groups is 2. The molecular weight excluding hydrogens is 258 g/mol. The summed E-state index contributed by atoms with van der Waals surface area (Å²) in [6.07, 6.45) is 0. The Labute approximate surface area is 114 Å². The third kappa shape index (κ3) is 2.47. The fourth-order valence-electron chi connectivity index (χ4n) is 1.65. The van der Waals surface area contributed by atoms with E-state index in [1.165, 1.54) is 36.4 Å². The van der Waals surface area contributed by atoms with Crippen molar-refractivity contribution in [1.29, 1.82) is 5.26 Å². The lowest BCUT2D eigenvalue weighted by molar-refractivity contribution is 0.102. The quantitative estimate of drug-likeness (QED) is 0.489. The molecule has 0 fully saturated rings.